The molecule has 0 saturated carbocycles. The van der Waals surface area contributed by atoms with Crippen LogP contribution in [-0.4, -0.2) is 17.7 Å². The van der Waals surface area contributed by atoms with E-state index >= 15 is 0 Å². The quantitative estimate of drug-likeness (QED) is 0.424. The number of nitrogens with zero attached hydrogens (tertiary/aromatic N) is 2. The van der Waals surface area contributed by atoms with Gasteiger partial charge in [0, 0.05) is 11.1 Å². The van der Waals surface area contributed by atoms with Gasteiger partial charge >= 0.3 is 0 Å². The van der Waals surface area contributed by atoms with Gasteiger partial charge in [-0.2, -0.15) is 0 Å². The molecule has 0 radical (unpaired) electrons. The van der Waals surface area contributed by atoms with Crippen molar-refractivity contribution in [3.63, 3.8) is 0 Å². The van der Waals surface area contributed by atoms with Gasteiger partial charge in [0.2, 0.25) is 5.76 Å². The van der Waals surface area contributed by atoms with Crippen LogP contribution < -0.4 is 15.1 Å². The first kappa shape index (κ1) is 20.3. The second kappa shape index (κ2) is 7.53. The van der Waals surface area contributed by atoms with Crippen molar-refractivity contribution < 1.29 is 18.5 Å². The molecule has 0 saturated heterocycles. The number of fused-ring (bicyclic) bond motifs is 2. The zero-order valence-electron chi connectivity index (χ0n) is 17.6. The van der Waals surface area contributed by atoms with E-state index in [0.29, 0.717) is 45.5 Å². The average Bonchev–Trinajstić information content (AvgIpc) is 3.32. The first-order valence-electron chi connectivity index (χ1n) is 10.2. The fraction of sp³-hybridized carbons (Fsp3) is 0.208. The summed E-state index contributed by atoms with van der Waals surface area (Å²) in [6.07, 6.45) is 0. The number of rotatable bonds is 4. The van der Waals surface area contributed by atoms with E-state index < -0.39 is 11.9 Å². The van der Waals surface area contributed by atoms with Gasteiger partial charge < -0.3 is 13.7 Å². The minimum Gasteiger partial charge on any atom is -0.494 e. The minimum atomic E-state index is -0.738. The molecule has 2 aromatic heterocycles. The summed E-state index contributed by atoms with van der Waals surface area (Å²) in [6, 6.07) is 11.4. The molecule has 1 atom stereocenters. The molecule has 5 rings (SSSR count). The molecule has 2 aromatic carbocycles. The highest BCUT2D eigenvalue weighted by molar-refractivity contribution is 6.32. The molecule has 7 nitrogen and oxygen atoms in total. The number of carbonyl (C=O) groups is 1. The molecule has 3 heterocycles. The predicted molar refractivity (Wildman–Crippen MR) is 120 cm³/mol. The maximum absolute atomic E-state index is 13.6. The van der Waals surface area contributed by atoms with Crippen LogP contribution in [0.5, 0.6) is 5.75 Å². The van der Waals surface area contributed by atoms with Crippen molar-refractivity contribution in [3.05, 3.63) is 85.9 Å². The first-order chi connectivity index (χ1) is 15.4. The molecule has 32 heavy (non-hydrogen) atoms. The molecule has 0 unspecified atom stereocenters. The number of anilines is 1. The van der Waals surface area contributed by atoms with Crippen LogP contribution in [0.3, 0.4) is 0 Å². The number of halogens is 1. The van der Waals surface area contributed by atoms with Gasteiger partial charge in [0.1, 0.15) is 17.1 Å². The Balaban J connectivity index is 1.77. The second-order valence-electron chi connectivity index (χ2n) is 7.65. The number of amides is 1. The van der Waals surface area contributed by atoms with Gasteiger partial charge in [0.15, 0.2) is 11.2 Å². The lowest BCUT2D eigenvalue weighted by Gasteiger charge is -2.22. The minimum absolute atomic E-state index is 0.0104. The smallest absolute Gasteiger partial charge is 0.296 e. The van der Waals surface area contributed by atoms with Crippen molar-refractivity contribution in [1.82, 2.24) is 5.16 Å². The van der Waals surface area contributed by atoms with Crippen molar-refractivity contribution >= 4 is 34.3 Å². The Labute approximate surface area is 188 Å². The van der Waals surface area contributed by atoms with Crippen molar-refractivity contribution in [1.29, 1.82) is 0 Å². The van der Waals surface area contributed by atoms with Crippen LogP contribution in [0.25, 0.3) is 11.0 Å². The third kappa shape index (κ3) is 3.08. The highest BCUT2D eigenvalue weighted by Crippen LogP contribution is 2.41. The fourth-order valence-electron chi connectivity index (χ4n) is 4.02. The lowest BCUT2D eigenvalue weighted by atomic mass is 9.98. The number of aromatic nitrogens is 1. The Morgan fingerprint density at radius 3 is 2.53 bits per heavy atom. The van der Waals surface area contributed by atoms with E-state index in [2.05, 4.69) is 5.16 Å². The summed E-state index contributed by atoms with van der Waals surface area (Å²) in [5.74, 6) is 1.07. The Kier molecular flexibility index (Phi) is 4.78. The molecule has 1 aliphatic rings. The maximum atomic E-state index is 13.6. The van der Waals surface area contributed by atoms with Crippen molar-refractivity contribution in [2.75, 3.05) is 11.5 Å². The summed E-state index contributed by atoms with van der Waals surface area (Å²) >= 11 is 6.27. The van der Waals surface area contributed by atoms with Gasteiger partial charge in [-0.15, -0.1) is 0 Å². The standard InChI is InChI=1S/C24H19ClN2O5/c1-4-30-15-7-5-14(6-8-15)21-20-22(28)16-11-17(25)12(2)9-18(16)31-23(20)24(29)27(21)19-10-13(3)32-26-19/h5-11,21H,4H2,1-3H3/t21-/m1/s1. The molecule has 4 aromatic rings. The zero-order valence-corrected chi connectivity index (χ0v) is 18.4. The van der Waals surface area contributed by atoms with E-state index in [0.717, 1.165) is 5.56 Å². The fourth-order valence-corrected chi connectivity index (χ4v) is 4.19. The molecule has 1 amide bonds. The van der Waals surface area contributed by atoms with Crippen molar-refractivity contribution in [2.45, 2.75) is 26.8 Å². The van der Waals surface area contributed by atoms with Crippen LogP contribution in [0, 0.1) is 13.8 Å². The summed E-state index contributed by atoms with van der Waals surface area (Å²) in [5.41, 5.74) is 1.71. The van der Waals surface area contributed by atoms with Crippen LogP contribution >= 0.6 is 11.6 Å². The van der Waals surface area contributed by atoms with Crippen LogP contribution in [0.2, 0.25) is 5.02 Å². The number of hydrogen-bond donors (Lipinski definition) is 0. The van der Waals surface area contributed by atoms with E-state index in [4.69, 9.17) is 25.3 Å². The lowest BCUT2D eigenvalue weighted by molar-refractivity contribution is 0.0969. The molecule has 8 heteroatoms. The van der Waals surface area contributed by atoms with E-state index in [1.165, 1.54) is 4.90 Å². The summed E-state index contributed by atoms with van der Waals surface area (Å²) in [7, 11) is 0. The van der Waals surface area contributed by atoms with E-state index in [1.807, 2.05) is 26.0 Å². The van der Waals surface area contributed by atoms with Gasteiger partial charge in [0.25, 0.3) is 5.91 Å². The number of hydrogen-bond acceptors (Lipinski definition) is 6. The molecule has 0 bridgehead atoms. The SMILES string of the molecule is CCOc1ccc([C@@H]2c3c(oc4cc(C)c(Cl)cc4c3=O)C(=O)N2c2cc(C)on2)cc1. The highest BCUT2D eigenvalue weighted by atomic mass is 35.5. The van der Waals surface area contributed by atoms with Gasteiger partial charge in [-0.1, -0.05) is 28.9 Å². The average molecular weight is 451 g/mol. The maximum Gasteiger partial charge on any atom is 0.296 e. The van der Waals surface area contributed by atoms with Crippen LogP contribution in [0.4, 0.5) is 5.82 Å². The van der Waals surface area contributed by atoms with Crippen molar-refractivity contribution in [2.24, 2.45) is 0 Å². The summed E-state index contributed by atoms with van der Waals surface area (Å²) in [6.45, 7) is 5.98. The van der Waals surface area contributed by atoms with Gasteiger partial charge in [-0.05, 0) is 56.2 Å². The zero-order chi connectivity index (χ0) is 22.6. The molecule has 0 N–H and O–H groups in total. The normalized spacial score (nSPS) is 15.4. The molecule has 0 aliphatic carbocycles. The van der Waals surface area contributed by atoms with Gasteiger partial charge in [-0.25, -0.2) is 0 Å². The third-order valence-corrected chi connectivity index (χ3v) is 5.93. The molecule has 0 fully saturated rings. The van der Waals surface area contributed by atoms with E-state index in [9.17, 15) is 9.59 Å². The second-order valence-corrected chi connectivity index (χ2v) is 8.05. The predicted octanol–water partition coefficient (Wildman–Crippen LogP) is 5.20. The van der Waals surface area contributed by atoms with Crippen LogP contribution in [-0.2, 0) is 0 Å². The summed E-state index contributed by atoms with van der Waals surface area (Å²) in [5, 5.41) is 4.80. The Hall–Kier alpha value is -3.58. The Bertz CT molecular complexity index is 1420. The third-order valence-electron chi connectivity index (χ3n) is 5.52. The highest BCUT2D eigenvalue weighted by Gasteiger charge is 2.45. The number of aryl methyl sites for hydroxylation is 2. The Morgan fingerprint density at radius 1 is 1.12 bits per heavy atom. The van der Waals surface area contributed by atoms with Gasteiger partial charge in [-0.3, -0.25) is 14.5 Å². The Morgan fingerprint density at radius 2 is 1.88 bits per heavy atom. The monoisotopic (exact) mass is 450 g/mol. The van der Waals surface area contributed by atoms with Crippen LogP contribution in [0.15, 0.2) is 56.2 Å². The topological polar surface area (TPSA) is 85.8 Å². The van der Waals surface area contributed by atoms with E-state index in [-0.39, 0.29) is 16.8 Å². The molecule has 1 aliphatic heterocycles. The van der Waals surface area contributed by atoms with Gasteiger partial charge in [0.05, 0.1) is 23.6 Å². The number of benzene rings is 2. The molecule has 0 spiro atoms. The summed E-state index contributed by atoms with van der Waals surface area (Å²) < 4.78 is 16.7. The van der Waals surface area contributed by atoms with Crippen LogP contribution in [0.1, 0.15) is 46.0 Å². The largest absolute Gasteiger partial charge is 0.494 e. The summed E-state index contributed by atoms with van der Waals surface area (Å²) in [4.78, 5) is 28.5. The van der Waals surface area contributed by atoms with Crippen molar-refractivity contribution in [3.8, 4) is 5.75 Å². The van der Waals surface area contributed by atoms with E-state index in [1.54, 1.807) is 37.3 Å². The number of carbonyl (C=O) groups excluding carboxylic acids is 1. The molecular weight excluding hydrogens is 432 g/mol. The number of ether oxygens (including phenoxy) is 1. The lowest BCUT2D eigenvalue weighted by Crippen LogP contribution is -2.29. The first-order valence-corrected chi connectivity index (χ1v) is 10.5. The molecular formula is C24H19ClN2O5. The molecule has 162 valence electrons.